The van der Waals surface area contributed by atoms with Gasteiger partial charge in [-0.3, -0.25) is 19.3 Å². The molecule has 3 aromatic rings. The number of carbonyl (C=O) groups excluding carboxylic acids is 1. The van der Waals surface area contributed by atoms with E-state index in [4.69, 9.17) is 11.6 Å². The summed E-state index contributed by atoms with van der Waals surface area (Å²) in [5, 5.41) is 13.9. The molecule has 0 atom stereocenters. The molecule has 8 heteroatoms. The van der Waals surface area contributed by atoms with Crippen LogP contribution in [0.2, 0.25) is 5.15 Å². The topological polar surface area (TPSA) is 89.5 Å². The number of nitrogens with zero attached hydrogens (tertiary/aromatic N) is 3. The minimum Gasteiger partial charge on any atom is -0.348 e. The third-order valence-electron chi connectivity index (χ3n) is 3.56. The lowest BCUT2D eigenvalue weighted by Crippen LogP contribution is -2.20. The number of hydrogen-bond acceptors (Lipinski definition) is 4. The highest BCUT2D eigenvalue weighted by Gasteiger charge is 2.12. The zero-order chi connectivity index (χ0) is 17.8. The van der Waals surface area contributed by atoms with E-state index in [2.05, 4.69) is 10.3 Å². The molecular weight excluding hydrogens is 344 g/mol. The van der Waals surface area contributed by atoms with E-state index < -0.39 is 4.92 Å². The molecule has 7 nitrogen and oxygen atoms in total. The van der Waals surface area contributed by atoms with Crippen LogP contribution in [0.5, 0.6) is 0 Å². The van der Waals surface area contributed by atoms with Crippen LogP contribution >= 0.6 is 11.6 Å². The molecule has 0 radical (unpaired) electrons. The van der Waals surface area contributed by atoms with Crippen LogP contribution in [-0.4, -0.2) is 20.2 Å². The molecule has 0 aliphatic heterocycles. The molecule has 0 saturated carbocycles. The molecule has 1 N–H and O–H groups in total. The Morgan fingerprint density at radius 3 is 2.84 bits per heavy atom. The standard InChI is InChI=1S/C17H13ClN4O3/c18-17-14(21-10-4-3-7-15(21)20-17)8-9-16(23)19-11-12-5-1-2-6-13(12)22(24)25/h1-10H,11H2,(H,19,23). The van der Waals surface area contributed by atoms with E-state index in [0.717, 1.165) is 0 Å². The largest absolute Gasteiger partial charge is 0.348 e. The molecule has 1 aromatic carbocycles. The number of halogens is 1. The molecule has 126 valence electrons. The van der Waals surface area contributed by atoms with E-state index in [9.17, 15) is 14.9 Å². The number of fused-ring (bicyclic) bond motifs is 1. The maximum absolute atomic E-state index is 12.0. The maximum Gasteiger partial charge on any atom is 0.274 e. The van der Waals surface area contributed by atoms with Gasteiger partial charge in [-0.05, 0) is 18.2 Å². The Hall–Kier alpha value is -3.19. The van der Waals surface area contributed by atoms with Gasteiger partial charge in [-0.25, -0.2) is 4.98 Å². The van der Waals surface area contributed by atoms with E-state index >= 15 is 0 Å². The van der Waals surface area contributed by atoms with E-state index in [1.54, 1.807) is 40.9 Å². The first kappa shape index (κ1) is 16.7. The molecule has 25 heavy (non-hydrogen) atoms. The molecule has 0 saturated heterocycles. The zero-order valence-electron chi connectivity index (χ0n) is 12.9. The van der Waals surface area contributed by atoms with Gasteiger partial charge in [-0.2, -0.15) is 0 Å². The quantitative estimate of drug-likeness (QED) is 0.432. The van der Waals surface area contributed by atoms with Gasteiger partial charge in [-0.1, -0.05) is 35.9 Å². The first-order valence-corrected chi connectivity index (χ1v) is 7.75. The van der Waals surface area contributed by atoms with Crippen molar-refractivity contribution in [1.29, 1.82) is 0 Å². The molecule has 2 heterocycles. The van der Waals surface area contributed by atoms with Crippen molar-refractivity contribution in [3.05, 3.63) is 81.3 Å². The van der Waals surface area contributed by atoms with Crippen LogP contribution in [0.1, 0.15) is 11.3 Å². The second-order valence-corrected chi connectivity index (χ2v) is 5.51. The summed E-state index contributed by atoms with van der Waals surface area (Å²) in [6.07, 6.45) is 4.66. The van der Waals surface area contributed by atoms with E-state index in [1.165, 1.54) is 12.1 Å². The van der Waals surface area contributed by atoms with Gasteiger partial charge in [-0.15, -0.1) is 0 Å². The van der Waals surface area contributed by atoms with Crippen molar-refractivity contribution in [3.63, 3.8) is 0 Å². The van der Waals surface area contributed by atoms with Gasteiger partial charge in [0.05, 0.1) is 10.6 Å². The number of nitro groups is 1. The highest BCUT2D eigenvalue weighted by Crippen LogP contribution is 2.19. The molecule has 3 rings (SSSR count). The monoisotopic (exact) mass is 356 g/mol. The highest BCUT2D eigenvalue weighted by molar-refractivity contribution is 6.31. The molecule has 0 unspecified atom stereocenters. The smallest absolute Gasteiger partial charge is 0.274 e. The van der Waals surface area contributed by atoms with Gasteiger partial charge >= 0.3 is 0 Å². The van der Waals surface area contributed by atoms with Crippen molar-refractivity contribution in [3.8, 4) is 0 Å². The average molecular weight is 357 g/mol. The van der Waals surface area contributed by atoms with Crippen LogP contribution in [0, 0.1) is 10.1 Å². The predicted octanol–water partition coefficient (Wildman–Crippen LogP) is 3.23. The van der Waals surface area contributed by atoms with E-state index in [1.807, 2.05) is 12.1 Å². The fraction of sp³-hybridized carbons (Fsp3) is 0.0588. The highest BCUT2D eigenvalue weighted by atomic mass is 35.5. The minimum atomic E-state index is -0.477. The second kappa shape index (κ2) is 7.14. The molecule has 2 aromatic heterocycles. The van der Waals surface area contributed by atoms with Crippen molar-refractivity contribution in [1.82, 2.24) is 14.7 Å². The molecule has 0 aliphatic rings. The summed E-state index contributed by atoms with van der Waals surface area (Å²) in [6.45, 7) is 0.0568. The van der Waals surface area contributed by atoms with Crippen LogP contribution in [0.4, 0.5) is 5.69 Å². The van der Waals surface area contributed by atoms with Crippen molar-refractivity contribution < 1.29 is 9.72 Å². The number of amides is 1. The number of nitrogens with one attached hydrogen (secondary N) is 1. The first-order chi connectivity index (χ1) is 12.1. The lowest BCUT2D eigenvalue weighted by atomic mass is 10.2. The third kappa shape index (κ3) is 3.67. The van der Waals surface area contributed by atoms with Crippen molar-refractivity contribution in [2.24, 2.45) is 0 Å². The second-order valence-electron chi connectivity index (χ2n) is 5.15. The molecule has 0 fully saturated rings. The average Bonchev–Trinajstić information content (AvgIpc) is 2.93. The summed E-state index contributed by atoms with van der Waals surface area (Å²) < 4.78 is 1.76. The van der Waals surface area contributed by atoms with Crippen LogP contribution < -0.4 is 5.32 Å². The number of hydrogen-bond donors (Lipinski definition) is 1. The van der Waals surface area contributed by atoms with Crippen LogP contribution in [-0.2, 0) is 11.3 Å². The molecule has 1 amide bonds. The van der Waals surface area contributed by atoms with Crippen LogP contribution in [0.25, 0.3) is 11.7 Å². The molecule has 0 bridgehead atoms. The van der Waals surface area contributed by atoms with Gasteiger partial charge in [0, 0.05) is 30.4 Å². The summed E-state index contributed by atoms with van der Waals surface area (Å²) in [5.41, 5.74) is 1.66. The Morgan fingerprint density at radius 2 is 2.04 bits per heavy atom. The zero-order valence-corrected chi connectivity index (χ0v) is 13.7. The number of para-hydroxylation sites is 1. The predicted molar refractivity (Wildman–Crippen MR) is 94.2 cm³/mol. The lowest BCUT2D eigenvalue weighted by Gasteiger charge is -2.03. The van der Waals surface area contributed by atoms with Gasteiger partial charge in [0.2, 0.25) is 5.91 Å². The van der Waals surface area contributed by atoms with Crippen molar-refractivity contribution in [2.75, 3.05) is 0 Å². The van der Waals surface area contributed by atoms with Gasteiger partial charge < -0.3 is 5.32 Å². The number of rotatable bonds is 5. The van der Waals surface area contributed by atoms with Crippen LogP contribution in [0.3, 0.4) is 0 Å². The van der Waals surface area contributed by atoms with Crippen LogP contribution in [0.15, 0.2) is 54.7 Å². The Morgan fingerprint density at radius 1 is 1.28 bits per heavy atom. The number of nitro benzene ring substituents is 1. The van der Waals surface area contributed by atoms with E-state index in [-0.39, 0.29) is 23.3 Å². The number of aromatic nitrogens is 2. The summed E-state index contributed by atoms with van der Waals surface area (Å²) >= 11 is 6.09. The summed E-state index contributed by atoms with van der Waals surface area (Å²) in [4.78, 5) is 26.7. The third-order valence-corrected chi connectivity index (χ3v) is 3.83. The van der Waals surface area contributed by atoms with E-state index in [0.29, 0.717) is 16.9 Å². The summed E-state index contributed by atoms with van der Waals surface area (Å²) in [7, 11) is 0. The van der Waals surface area contributed by atoms with Gasteiger partial charge in [0.15, 0.2) is 5.15 Å². The Bertz CT molecular complexity index is 981. The normalized spacial score (nSPS) is 11.1. The Balaban J connectivity index is 1.72. The maximum atomic E-state index is 12.0. The fourth-order valence-electron chi connectivity index (χ4n) is 2.37. The fourth-order valence-corrected chi connectivity index (χ4v) is 2.61. The number of imidazole rings is 1. The Labute approximate surface area is 147 Å². The summed E-state index contributed by atoms with van der Waals surface area (Å²) in [6, 6.07) is 11.7. The molecular formula is C17H13ClN4O3. The minimum absolute atomic E-state index is 0.0309. The first-order valence-electron chi connectivity index (χ1n) is 7.37. The number of pyridine rings is 1. The van der Waals surface area contributed by atoms with Crippen molar-refractivity contribution in [2.45, 2.75) is 6.54 Å². The molecule has 0 spiro atoms. The Kier molecular flexibility index (Phi) is 4.76. The van der Waals surface area contributed by atoms with Gasteiger partial charge in [0.25, 0.3) is 5.69 Å². The molecule has 0 aliphatic carbocycles. The lowest BCUT2D eigenvalue weighted by molar-refractivity contribution is -0.385. The van der Waals surface area contributed by atoms with Gasteiger partial charge in [0.1, 0.15) is 5.65 Å². The number of carbonyl (C=O) groups is 1. The number of benzene rings is 1. The summed E-state index contributed by atoms with van der Waals surface area (Å²) in [5.74, 6) is -0.389. The SMILES string of the molecule is O=C(C=Cc1c(Cl)nc2ccccn12)NCc1ccccc1[N+](=O)[O-]. The van der Waals surface area contributed by atoms with Crippen molar-refractivity contribution >= 4 is 34.9 Å².